The van der Waals surface area contributed by atoms with Gasteiger partial charge >= 0.3 is 6.18 Å². The topological polar surface area (TPSA) is 27.3 Å². The molecule has 0 amide bonds. The van der Waals surface area contributed by atoms with Crippen LogP contribution < -0.4 is 10.6 Å². The Balaban J connectivity index is 0.000000314. The lowest BCUT2D eigenvalue weighted by Crippen LogP contribution is -2.34. The van der Waals surface area contributed by atoms with Gasteiger partial charge in [0, 0.05) is 36.8 Å². The van der Waals surface area contributed by atoms with Crippen molar-refractivity contribution in [3.8, 4) is 11.8 Å². The van der Waals surface area contributed by atoms with Gasteiger partial charge < -0.3 is 15.5 Å². The van der Waals surface area contributed by atoms with Crippen LogP contribution in [0.25, 0.3) is 0 Å². The van der Waals surface area contributed by atoms with E-state index in [1.54, 1.807) is 31.3 Å². The van der Waals surface area contributed by atoms with Gasteiger partial charge in [-0.1, -0.05) is 68.3 Å². The predicted octanol–water partition coefficient (Wildman–Crippen LogP) is 7.26. The molecule has 222 valence electrons. The summed E-state index contributed by atoms with van der Waals surface area (Å²) in [4.78, 5) is 2.14. The second kappa shape index (κ2) is 15.4. The van der Waals surface area contributed by atoms with Crippen LogP contribution in [0.2, 0.25) is 0 Å². The maximum absolute atomic E-state index is 13.7. The van der Waals surface area contributed by atoms with E-state index in [1.165, 1.54) is 18.2 Å². The molecule has 2 aromatic carbocycles. The number of benzene rings is 2. The van der Waals surface area contributed by atoms with E-state index in [-0.39, 0.29) is 17.0 Å². The number of hydrogen-bond acceptors (Lipinski definition) is 3. The zero-order chi connectivity index (χ0) is 30.6. The van der Waals surface area contributed by atoms with Crippen molar-refractivity contribution in [3.63, 3.8) is 0 Å². The third-order valence-corrected chi connectivity index (χ3v) is 6.70. The average Bonchev–Trinajstić information content (AvgIpc) is 3.69. The Morgan fingerprint density at radius 2 is 1.68 bits per heavy atom. The van der Waals surface area contributed by atoms with Gasteiger partial charge in [0.1, 0.15) is 11.6 Å². The lowest BCUT2D eigenvalue weighted by atomic mass is 9.95. The lowest BCUT2D eigenvalue weighted by molar-refractivity contribution is -0.127. The van der Waals surface area contributed by atoms with Crippen molar-refractivity contribution in [2.24, 2.45) is 0 Å². The first kappa shape index (κ1) is 33.6. The Labute approximate surface area is 241 Å². The molecule has 0 aromatic heterocycles. The highest BCUT2D eigenvalue weighted by molar-refractivity contribution is 5.39. The number of allylic oxidation sites excluding steroid dienone is 1. The summed E-state index contributed by atoms with van der Waals surface area (Å²) in [5.41, 5.74) is 2.78. The number of likely N-dealkylation sites (N-methyl/N-ethyl adjacent to an activating group) is 1. The molecule has 3 rings (SSSR count). The molecule has 2 aromatic rings. The van der Waals surface area contributed by atoms with E-state index in [1.807, 2.05) is 13.1 Å². The van der Waals surface area contributed by atoms with Crippen LogP contribution in [0.3, 0.4) is 0 Å². The molecule has 0 radical (unpaired) electrons. The van der Waals surface area contributed by atoms with Crippen LogP contribution in [-0.4, -0.2) is 44.3 Å². The molecule has 1 atom stereocenters. The molecular weight excluding hydrogens is 533 g/mol. The van der Waals surface area contributed by atoms with E-state index in [2.05, 4.69) is 54.0 Å². The van der Waals surface area contributed by atoms with Gasteiger partial charge in [0.2, 0.25) is 0 Å². The Hall–Kier alpha value is -3.57. The van der Waals surface area contributed by atoms with Gasteiger partial charge in [-0.05, 0) is 56.1 Å². The molecular formula is C33H40F5N3. The van der Waals surface area contributed by atoms with E-state index in [9.17, 15) is 22.0 Å². The zero-order valence-electron chi connectivity index (χ0n) is 24.1. The van der Waals surface area contributed by atoms with Crippen LogP contribution in [0.1, 0.15) is 49.3 Å². The Morgan fingerprint density at radius 3 is 2.17 bits per heavy atom. The molecule has 2 N–H and O–H groups in total. The van der Waals surface area contributed by atoms with Crippen LogP contribution in [0.4, 0.5) is 22.0 Å². The second-order valence-electron chi connectivity index (χ2n) is 10.3. The summed E-state index contributed by atoms with van der Waals surface area (Å²) in [5, 5.41) is 6.19. The Morgan fingerprint density at radius 1 is 1.07 bits per heavy atom. The lowest BCUT2D eigenvalue weighted by Gasteiger charge is -2.22. The van der Waals surface area contributed by atoms with Gasteiger partial charge in [0.15, 0.2) is 0 Å². The Bertz CT molecular complexity index is 1210. The van der Waals surface area contributed by atoms with E-state index in [0.29, 0.717) is 18.5 Å². The van der Waals surface area contributed by atoms with Crippen molar-refractivity contribution in [2.75, 3.05) is 27.2 Å². The summed E-state index contributed by atoms with van der Waals surface area (Å²) in [6.07, 6.45) is 0.563. The second-order valence-corrected chi connectivity index (χ2v) is 10.3. The molecule has 1 fully saturated rings. The Kier molecular flexibility index (Phi) is 12.7. The van der Waals surface area contributed by atoms with Crippen LogP contribution in [0.5, 0.6) is 0 Å². The fourth-order valence-corrected chi connectivity index (χ4v) is 4.27. The summed E-state index contributed by atoms with van der Waals surface area (Å²) in [5.74, 6) is 4.17. The molecule has 1 unspecified atom stereocenters. The van der Waals surface area contributed by atoms with E-state index < -0.39 is 24.2 Å². The van der Waals surface area contributed by atoms with Gasteiger partial charge in [-0.3, -0.25) is 0 Å². The maximum Gasteiger partial charge on any atom is 0.393 e. The molecule has 8 heteroatoms. The molecule has 0 spiro atoms. The first-order valence-corrected chi connectivity index (χ1v) is 13.6. The van der Waals surface area contributed by atoms with Crippen LogP contribution >= 0.6 is 0 Å². The molecule has 0 aliphatic heterocycles. The van der Waals surface area contributed by atoms with E-state index in [4.69, 9.17) is 0 Å². The van der Waals surface area contributed by atoms with Gasteiger partial charge in [-0.2, -0.15) is 13.2 Å². The minimum atomic E-state index is -4.13. The third kappa shape index (κ3) is 11.4. The van der Waals surface area contributed by atoms with Crippen molar-refractivity contribution in [1.29, 1.82) is 0 Å². The minimum Gasteiger partial charge on any atom is -0.392 e. The number of nitrogens with zero attached hydrogens (tertiary/aromatic N) is 1. The smallest absolute Gasteiger partial charge is 0.392 e. The first-order chi connectivity index (χ1) is 19.3. The molecule has 1 aliphatic rings. The summed E-state index contributed by atoms with van der Waals surface area (Å²) in [7, 11) is 3.78. The van der Waals surface area contributed by atoms with Gasteiger partial charge in [0.05, 0.1) is 18.0 Å². The highest BCUT2D eigenvalue weighted by Gasteiger charge is 2.41. The van der Waals surface area contributed by atoms with E-state index >= 15 is 0 Å². The van der Waals surface area contributed by atoms with Crippen LogP contribution in [0.15, 0.2) is 79.7 Å². The average molecular weight is 574 g/mol. The summed E-state index contributed by atoms with van der Waals surface area (Å²) >= 11 is 0. The molecule has 0 heterocycles. The summed E-state index contributed by atoms with van der Waals surface area (Å²) in [6, 6.07) is 10.1. The quantitative estimate of drug-likeness (QED) is 0.159. The zero-order valence-corrected chi connectivity index (χ0v) is 24.1. The summed E-state index contributed by atoms with van der Waals surface area (Å²) < 4.78 is 63.9. The highest BCUT2D eigenvalue weighted by Crippen LogP contribution is 2.49. The van der Waals surface area contributed by atoms with Gasteiger partial charge in [-0.25, -0.2) is 8.78 Å². The molecule has 3 nitrogen and oxygen atoms in total. The number of nitrogens with one attached hydrogen (secondary N) is 2. The standard InChI is InChI=1S/C20H27F2N3.C13H13F3/c1-6-12-25(5)14-16(3)24-17(13-15(2)23-4)10-11-18-19(21)8-7-9-20(18)22;1-2-12(7-8-12)11-5-3-10(4-6-11)9-13(14,15)16/h7-9,17,23-24H,2-3,6,12-14H2,1,4-5H3;2-6H,1,7-9H2. The van der Waals surface area contributed by atoms with Crippen molar-refractivity contribution >= 4 is 0 Å². The number of halogens is 5. The van der Waals surface area contributed by atoms with Crippen molar-refractivity contribution in [2.45, 2.75) is 56.7 Å². The third-order valence-electron chi connectivity index (χ3n) is 6.70. The predicted molar refractivity (Wildman–Crippen MR) is 157 cm³/mol. The van der Waals surface area contributed by atoms with E-state index in [0.717, 1.165) is 42.8 Å². The number of rotatable bonds is 12. The number of alkyl halides is 3. The van der Waals surface area contributed by atoms with Gasteiger partial charge in [-0.15, -0.1) is 6.58 Å². The maximum atomic E-state index is 13.7. The molecule has 0 saturated heterocycles. The largest absolute Gasteiger partial charge is 0.393 e. The molecule has 0 bridgehead atoms. The SMILES string of the molecule is C=C(CC(C#Cc1c(F)cccc1F)NC(=C)CN(C)CCC)NC.C=CC1(c2ccc(CC(F)(F)F)cc2)CC1. The van der Waals surface area contributed by atoms with Crippen molar-refractivity contribution in [3.05, 3.63) is 108 Å². The minimum absolute atomic E-state index is 0.0385. The molecule has 1 aliphatic carbocycles. The highest BCUT2D eigenvalue weighted by atomic mass is 19.4. The van der Waals surface area contributed by atoms with Gasteiger partial charge in [0.25, 0.3) is 0 Å². The van der Waals surface area contributed by atoms with Crippen LogP contribution in [0, 0.1) is 23.5 Å². The summed E-state index contributed by atoms with van der Waals surface area (Å²) in [6.45, 7) is 15.4. The monoisotopic (exact) mass is 573 g/mol. The fraction of sp³-hybridized carbons (Fsp3) is 0.394. The van der Waals surface area contributed by atoms with Crippen molar-refractivity contribution in [1.82, 2.24) is 15.5 Å². The number of hydrogen-bond donors (Lipinski definition) is 2. The first-order valence-electron chi connectivity index (χ1n) is 13.6. The normalized spacial score (nSPS) is 14.1. The van der Waals surface area contributed by atoms with Crippen LogP contribution in [-0.2, 0) is 11.8 Å². The fourth-order valence-electron chi connectivity index (χ4n) is 4.27. The molecule has 41 heavy (non-hydrogen) atoms. The van der Waals surface area contributed by atoms with Crippen molar-refractivity contribution < 1.29 is 22.0 Å². The molecule has 1 saturated carbocycles.